The van der Waals surface area contributed by atoms with Crippen molar-refractivity contribution >= 4 is 6.08 Å². The molecule has 3 aromatic rings. The van der Waals surface area contributed by atoms with Crippen molar-refractivity contribution in [3.05, 3.63) is 113 Å². The Morgan fingerprint density at radius 2 is 1.31 bits per heavy atom. The van der Waals surface area contributed by atoms with Crippen LogP contribution < -0.4 is 0 Å². The lowest BCUT2D eigenvalue weighted by atomic mass is 9.76. The summed E-state index contributed by atoms with van der Waals surface area (Å²) >= 11 is 0. The van der Waals surface area contributed by atoms with Crippen molar-refractivity contribution in [2.24, 2.45) is 0 Å². The molecule has 0 bridgehead atoms. The molecule has 2 nitrogen and oxygen atoms in total. The first kappa shape index (κ1) is 19.5. The molecule has 1 aliphatic rings. The molecule has 0 aliphatic carbocycles. The highest BCUT2D eigenvalue weighted by atomic mass is 16.7. The van der Waals surface area contributed by atoms with Crippen LogP contribution in [-0.4, -0.2) is 6.10 Å². The van der Waals surface area contributed by atoms with Gasteiger partial charge in [-0.05, 0) is 38.0 Å². The van der Waals surface area contributed by atoms with Crippen LogP contribution in [0, 0.1) is 0 Å². The number of rotatable bonds is 5. The van der Waals surface area contributed by atoms with E-state index in [0.29, 0.717) is 6.42 Å². The van der Waals surface area contributed by atoms with E-state index in [1.165, 1.54) is 5.56 Å². The fraction of sp³-hybridized carbons (Fsp3) is 0.259. The minimum atomic E-state index is -0.819. The van der Waals surface area contributed by atoms with Crippen molar-refractivity contribution in [3.8, 4) is 0 Å². The molecule has 2 atom stereocenters. The van der Waals surface area contributed by atoms with Gasteiger partial charge in [-0.15, -0.1) is 0 Å². The molecule has 1 aliphatic heterocycles. The molecule has 0 radical (unpaired) electrons. The van der Waals surface area contributed by atoms with Gasteiger partial charge in [0.1, 0.15) is 5.76 Å². The number of hydrogen-bond donors (Lipinski definition) is 0. The van der Waals surface area contributed by atoms with E-state index in [4.69, 9.17) is 9.47 Å². The summed E-state index contributed by atoms with van der Waals surface area (Å²) < 4.78 is 13.3. The quantitative estimate of drug-likeness (QED) is 0.488. The molecular formula is C27H28O2. The van der Waals surface area contributed by atoms with Gasteiger partial charge in [-0.2, -0.15) is 0 Å². The Labute approximate surface area is 173 Å². The van der Waals surface area contributed by atoms with Crippen molar-refractivity contribution in [1.82, 2.24) is 0 Å². The van der Waals surface area contributed by atoms with Gasteiger partial charge in [0, 0.05) is 12.0 Å². The van der Waals surface area contributed by atoms with E-state index in [-0.39, 0.29) is 11.5 Å². The maximum absolute atomic E-state index is 6.76. The minimum absolute atomic E-state index is 0.0336. The Balaban J connectivity index is 1.87. The Hall–Kier alpha value is -2.84. The molecule has 0 amide bonds. The average molecular weight is 385 g/mol. The van der Waals surface area contributed by atoms with Gasteiger partial charge in [0.2, 0.25) is 5.79 Å². The van der Waals surface area contributed by atoms with Gasteiger partial charge in [0.25, 0.3) is 0 Å². The van der Waals surface area contributed by atoms with E-state index in [2.05, 4.69) is 93.6 Å². The van der Waals surface area contributed by atoms with Crippen LogP contribution in [0.2, 0.25) is 0 Å². The summed E-state index contributed by atoms with van der Waals surface area (Å²) in [6, 6.07) is 31.2. The summed E-state index contributed by atoms with van der Waals surface area (Å²) in [5.74, 6) is 0.111. The molecule has 3 aromatic carbocycles. The van der Waals surface area contributed by atoms with Crippen LogP contribution in [0.1, 0.15) is 43.9 Å². The monoisotopic (exact) mass is 384 g/mol. The molecule has 0 aromatic heterocycles. The Morgan fingerprint density at radius 3 is 1.86 bits per heavy atom. The fourth-order valence-corrected chi connectivity index (χ4v) is 4.19. The molecule has 1 saturated heterocycles. The summed E-state index contributed by atoms with van der Waals surface area (Å²) in [6.07, 6.45) is 2.90. The summed E-state index contributed by atoms with van der Waals surface area (Å²) in [4.78, 5) is 0. The third-order valence-corrected chi connectivity index (χ3v) is 5.55. The lowest BCUT2D eigenvalue weighted by molar-refractivity contribution is -0.224. The van der Waals surface area contributed by atoms with Crippen LogP contribution in [0.25, 0.3) is 6.08 Å². The van der Waals surface area contributed by atoms with E-state index in [1.807, 2.05) is 24.3 Å². The van der Waals surface area contributed by atoms with Gasteiger partial charge in [0.05, 0.1) is 11.5 Å². The zero-order valence-corrected chi connectivity index (χ0v) is 17.3. The third-order valence-electron chi connectivity index (χ3n) is 5.55. The first-order valence-electron chi connectivity index (χ1n) is 10.3. The zero-order chi connectivity index (χ0) is 20.3. The first-order chi connectivity index (χ1) is 14.0. The van der Waals surface area contributed by atoms with Crippen molar-refractivity contribution in [2.75, 3.05) is 0 Å². The van der Waals surface area contributed by atoms with Crippen molar-refractivity contribution in [3.63, 3.8) is 0 Å². The maximum Gasteiger partial charge on any atom is 0.238 e. The molecule has 1 heterocycles. The van der Waals surface area contributed by atoms with Crippen LogP contribution in [0.5, 0.6) is 0 Å². The Bertz CT molecular complexity index is 963. The molecule has 29 heavy (non-hydrogen) atoms. The van der Waals surface area contributed by atoms with E-state index >= 15 is 0 Å². The van der Waals surface area contributed by atoms with Crippen molar-refractivity contribution in [1.29, 1.82) is 0 Å². The zero-order valence-electron chi connectivity index (χ0n) is 17.3. The van der Waals surface area contributed by atoms with E-state index in [0.717, 1.165) is 16.9 Å². The SMILES string of the molecule is CC(C)OC1(c2ccccc2)CC(C)(c2ccccc2)/C(=C/c2ccccc2)O1. The van der Waals surface area contributed by atoms with Gasteiger partial charge in [-0.25, -0.2) is 0 Å². The third kappa shape index (κ3) is 3.86. The van der Waals surface area contributed by atoms with E-state index in [9.17, 15) is 0 Å². The van der Waals surface area contributed by atoms with Crippen LogP contribution >= 0.6 is 0 Å². The van der Waals surface area contributed by atoms with Gasteiger partial charge >= 0.3 is 0 Å². The number of allylic oxidation sites excluding steroid dienone is 1. The minimum Gasteiger partial charge on any atom is -0.461 e. The number of hydrogen-bond acceptors (Lipinski definition) is 2. The Kier molecular flexibility index (Phi) is 5.29. The van der Waals surface area contributed by atoms with Crippen LogP contribution in [-0.2, 0) is 20.7 Å². The predicted molar refractivity (Wildman–Crippen MR) is 118 cm³/mol. The maximum atomic E-state index is 6.76. The topological polar surface area (TPSA) is 18.5 Å². The molecule has 2 unspecified atom stereocenters. The summed E-state index contributed by atoms with van der Waals surface area (Å²) in [7, 11) is 0. The fourth-order valence-electron chi connectivity index (χ4n) is 4.19. The molecule has 0 saturated carbocycles. The lowest BCUT2D eigenvalue weighted by Gasteiger charge is -2.32. The van der Waals surface area contributed by atoms with Crippen LogP contribution in [0.4, 0.5) is 0 Å². The second-order valence-corrected chi connectivity index (χ2v) is 8.18. The highest BCUT2D eigenvalue weighted by Crippen LogP contribution is 2.54. The summed E-state index contributed by atoms with van der Waals surface area (Å²) in [5.41, 5.74) is 3.10. The molecule has 4 rings (SSSR count). The van der Waals surface area contributed by atoms with E-state index < -0.39 is 5.79 Å². The normalized spacial score (nSPS) is 25.3. The highest BCUT2D eigenvalue weighted by molar-refractivity contribution is 5.57. The second kappa shape index (κ2) is 7.88. The molecule has 1 fully saturated rings. The van der Waals surface area contributed by atoms with Crippen molar-refractivity contribution in [2.45, 2.75) is 44.5 Å². The van der Waals surface area contributed by atoms with Gasteiger partial charge in [-0.1, -0.05) is 91.0 Å². The molecule has 0 N–H and O–H groups in total. The molecule has 148 valence electrons. The lowest BCUT2D eigenvalue weighted by Crippen LogP contribution is -2.33. The van der Waals surface area contributed by atoms with Crippen LogP contribution in [0.3, 0.4) is 0 Å². The second-order valence-electron chi connectivity index (χ2n) is 8.18. The van der Waals surface area contributed by atoms with E-state index in [1.54, 1.807) is 0 Å². The standard InChI is InChI=1S/C27H28O2/c1-21(2)28-27(24-17-11-6-12-18-24)20-26(3,23-15-9-5-10-16-23)25(29-27)19-22-13-7-4-8-14-22/h4-19,21H,20H2,1-3H3/b25-19-. The van der Waals surface area contributed by atoms with Gasteiger partial charge in [-0.3, -0.25) is 0 Å². The Morgan fingerprint density at radius 1 is 0.793 bits per heavy atom. The summed E-state index contributed by atoms with van der Waals surface area (Å²) in [6.45, 7) is 6.38. The largest absolute Gasteiger partial charge is 0.461 e. The molecular weight excluding hydrogens is 356 g/mol. The van der Waals surface area contributed by atoms with Gasteiger partial charge in [0.15, 0.2) is 0 Å². The molecule has 2 heteroatoms. The average Bonchev–Trinajstić information content (AvgIpc) is 3.03. The summed E-state index contributed by atoms with van der Waals surface area (Å²) in [5, 5.41) is 0. The number of benzene rings is 3. The van der Waals surface area contributed by atoms with Gasteiger partial charge < -0.3 is 9.47 Å². The predicted octanol–water partition coefficient (Wildman–Crippen LogP) is 6.68. The van der Waals surface area contributed by atoms with Crippen molar-refractivity contribution < 1.29 is 9.47 Å². The highest BCUT2D eigenvalue weighted by Gasteiger charge is 2.54. The molecule has 0 spiro atoms. The van der Waals surface area contributed by atoms with Crippen LogP contribution in [0.15, 0.2) is 96.8 Å². The smallest absolute Gasteiger partial charge is 0.238 e. The first-order valence-corrected chi connectivity index (χ1v) is 10.3. The number of ether oxygens (including phenoxy) is 2.